The molecule has 0 spiro atoms. The summed E-state index contributed by atoms with van der Waals surface area (Å²) in [6.45, 7) is 3.12. The van der Waals surface area contributed by atoms with E-state index in [2.05, 4.69) is 4.90 Å². The van der Waals surface area contributed by atoms with E-state index in [4.69, 9.17) is 4.74 Å². The first-order valence-electron chi connectivity index (χ1n) is 10.1. The van der Waals surface area contributed by atoms with E-state index in [1.54, 1.807) is 36.4 Å². The number of fused-ring (bicyclic) bond motifs is 1. The Morgan fingerprint density at radius 3 is 2.29 bits per heavy atom. The molecular formula is C23H26ClN2O4S-. The Kier molecular flexibility index (Phi) is 7.91. The molecule has 1 N–H and O–H groups in total. The highest BCUT2D eigenvalue weighted by molar-refractivity contribution is 7.92. The Morgan fingerprint density at radius 2 is 1.58 bits per heavy atom. The van der Waals surface area contributed by atoms with E-state index in [0.29, 0.717) is 25.4 Å². The van der Waals surface area contributed by atoms with Gasteiger partial charge in [-0.3, -0.25) is 9.21 Å². The number of morpholine rings is 1. The highest BCUT2D eigenvalue weighted by Crippen LogP contribution is 2.26. The first-order valence-corrected chi connectivity index (χ1v) is 11.5. The van der Waals surface area contributed by atoms with Gasteiger partial charge in [-0.2, -0.15) is 0 Å². The van der Waals surface area contributed by atoms with Crippen molar-refractivity contribution in [3.8, 4) is 0 Å². The van der Waals surface area contributed by atoms with Crippen LogP contribution in [-0.2, 0) is 14.8 Å². The molecule has 0 bridgehead atoms. The van der Waals surface area contributed by atoms with Gasteiger partial charge in [-0.05, 0) is 35.0 Å². The number of ether oxygens (including phenoxy) is 1. The molecule has 4 rings (SSSR count). The number of hydrogen-bond acceptors (Lipinski definition) is 5. The van der Waals surface area contributed by atoms with E-state index < -0.39 is 16.1 Å². The fourth-order valence-electron chi connectivity index (χ4n) is 3.72. The second-order valence-corrected chi connectivity index (χ2v) is 9.31. The van der Waals surface area contributed by atoms with E-state index in [1.165, 1.54) is 4.31 Å². The molecule has 1 saturated heterocycles. The predicted octanol–water partition coefficient (Wildman–Crippen LogP) is -0.268. The van der Waals surface area contributed by atoms with Gasteiger partial charge in [-0.1, -0.05) is 48.5 Å². The number of hydrogen-bond donors (Lipinski definition) is 1. The standard InChI is InChI=1S/C23H26N2O4S.ClH/c26-22(17-24-12-14-29-15-13-24)18-25(21-8-2-1-3-9-21)30(27,28)23-11-10-19-6-4-5-7-20(19)16-23;/h1-11,16,22,26H,12-15,17-18H2;1H/p-1. The molecule has 6 nitrogen and oxygen atoms in total. The fourth-order valence-corrected chi connectivity index (χ4v) is 5.26. The number of halogens is 1. The second-order valence-electron chi connectivity index (χ2n) is 7.45. The van der Waals surface area contributed by atoms with Crippen molar-refractivity contribution in [2.45, 2.75) is 11.0 Å². The van der Waals surface area contributed by atoms with Crippen LogP contribution in [0, 0.1) is 0 Å². The summed E-state index contributed by atoms with van der Waals surface area (Å²) in [5.74, 6) is 0. The number of benzene rings is 3. The van der Waals surface area contributed by atoms with Crippen LogP contribution in [0.15, 0.2) is 77.7 Å². The van der Waals surface area contributed by atoms with Crippen molar-refractivity contribution in [3.05, 3.63) is 72.8 Å². The summed E-state index contributed by atoms with van der Waals surface area (Å²) in [4.78, 5) is 2.31. The van der Waals surface area contributed by atoms with Crippen LogP contribution in [0.1, 0.15) is 0 Å². The first-order chi connectivity index (χ1) is 14.5. The van der Waals surface area contributed by atoms with Gasteiger partial charge in [0.15, 0.2) is 0 Å². The lowest BCUT2D eigenvalue weighted by atomic mass is 10.1. The summed E-state index contributed by atoms with van der Waals surface area (Å²) in [6.07, 6.45) is -0.821. The molecule has 0 radical (unpaired) electrons. The SMILES string of the molecule is O=S(=O)(c1ccc2ccccc2c1)N(CC(O)CN1CCOCC1)c1ccccc1.[Cl-]. The smallest absolute Gasteiger partial charge is 0.264 e. The molecule has 3 aromatic rings. The Morgan fingerprint density at radius 1 is 0.935 bits per heavy atom. The van der Waals surface area contributed by atoms with Crippen LogP contribution in [-0.4, -0.2) is 63.9 Å². The van der Waals surface area contributed by atoms with E-state index in [0.717, 1.165) is 23.9 Å². The molecule has 1 aliphatic heterocycles. The summed E-state index contributed by atoms with van der Waals surface area (Å²) >= 11 is 0. The van der Waals surface area contributed by atoms with Crippen LogP contribution < -0.4 is 16.7 Å². The average Bonchev–Trinajstić information content (AvgIpc) is 2.78. The third kappa shape index (κ3) is 5.56. The maximum absolute atomic E-state index is 13.6. The summed E-state index contributed by atoms with van der Waals surface area (Å²) in [5, 5.41) is 12.6. The molecule has 1 heterocycles. The molecule has 1 aliphatic rings. The van der Waals surface area contributed by atoms with Gasteiger partial charge in [-0.15, -0.1) is 0 Å². The minimum atomic E-state index is -3.85. The summed E-state index contributed by atoms with van der Waals surface area (Å²) in [5.41, 5.74) is 0.534. The summed E-state index contributed by atoms with van der Waals surface area (Å²) < 4.78 is 33.8. The molecule has 3 aromatic carbocycles. The molecule has 0 saturated carbocycles. The second kappa shape index (κ2) is 10.4. The third-order valence-corrected chi connectivity index (χ3v) is 7.09. The fraction of sp³-hybridized carbons (Fsp3) is 0.304. The maximum Gasteiger partial charge on any atom is 0.264 e. The highest BCUT2D eigenvalue weighted by Gasteiger charge is 2.28. The van der Waals surface area contributed by atoms with Crippen molar-refractivity contribution in [3.63, 3.8) is 0 Å². The Bertz CT molecular complexity index is 1090. The zero-order valence-electron chi connectivity index (χ0n) is 17.1. The lowest BCUT2D eigenvalue weighted by molar-refractivity contribution is -0.0000192. The summed E-state index contributed by atoms with van der Waals surface area (Å²) in [6, 6.07) is 21.7. The predicted molar refractivity (Wildman–Crippen MR) is 118 cm³/mol. The number of sulfonamides is 1. The Balaban J connectivity index is 0.00000272. The number of nitrogens with zero attached hydrogens (tertiary/aromatic N) is 2. The van der Waals surface area contributed by atoms with Gasteiger partial charge in [0.05, 0.1) is 36.4 Å². The monoisotopic (exact) mass is 461 g/mol. The third-order valence-electron chi connectivity index (χ3n) is 5.30. The lowest BCUT2D eigenvalue weighted by Gasteiger charge is -2.31. The van der Waals surface area contributed by atoms with E-state index in [1.807, 2.05) is 36.4 Å². The minimum Gasteiger partial charge on any atom is -1.00 e. The molecule has 31 heavy (non-hydrogen) atoms. The topological polar surface area (TPSA) is 70.1 Å². The van der Waals surface area contributed by atoms with Crippen molar-refractivity contribution >= 4 is 26.5 Å². The van der Waals surface area contributed by atoms with E-state index in [9.17, 15) is 13.5 Å². The van der Waals surface area contributed by atoms with Crippen LogP contribution in [0.25, 0.3) is 10.8 Å². The van der Waals surface area contributed by atoms with Gasteiger partial charge in [0, 0.05) is 19.6 Å². The van der Waals surface area contributed by atoms with Crippen LogP contribution in [0.3, 0.4) is 0 Å². The lowest BCUT2D eigenvalue weighted by Crippen LogP contribution is -3.00. The van der Waals surface area contributed by atoms with Crippen LogP contribution in [0.2, 0.25) is 0 Å². The molecule has 0 aliphatic carbocycles. The molecule has 0 amide bonds. The van der Waals surface area contributed by atoms with Gasteiger partial charge >= 0.3 is 0 Å². The first kappa shape index (κ1) is 23.5. The zero-order valence-corrected chi connectivity index (χ0v) is 18.7. The normalized spacial score (nSPS) is 15.9. The van der Waals surface area contributed by atoms with Gasteiger partial charge in [0.1, 0.15) is 0 Å². The summed E-state index contributed by atoms with van der Waals surface area (Å²) in [7, 11) is -3.85. The molecule has 1 unspecified atom stereocenters. The highest BCUT2D eigenvalue weighted by atomic mass is 35.5. The van der Waals surface area contributed by atoms with E-state index >= 15 is 0 Å². The average molecular weight is 462 g/mol. The van der Waals surface area contributed by atoms with Crippen molar-refractivity contribution in [2.75, 3.05) is 43.7 Å². The van der Waals surface area contributed by atoms with Crippen molar-refractivity contribution in [1.29, 1.82) is 0 Å². The quantitative estimate of drug-likeness (QED) is 0.524. The Hall–Kier alpha value is -2.16. The molecule has 0 aromatic heterocycles. The van der Waals surface area contributed by atoms with Gasteiger partial charge in [0.25, 0.3) is 10.0 Å². The van der Waals surface area contributed by atoms with Gasteiger partial charge in [-0.25, -0.2) is 8.42 Å². The van der Waals surface area contributed by atoms with Crippen LogP contribution >= 0.6 is 0 Å². The molecule has 166 valence electrons. The maximum atomic E-state index is 13.6. The van der Waals surface area contributed by atoms with Crippen molar-refractivity contribution in [1.82, 2.24) is 4.90 Å². The number of β-amino-alcohol motifs (C(OH)–C–C–N with tert-alkyl or cyclic N) is 1. The van der Waals surface area contributed by atoms with Crippen molar-refractivity contribution in [2.24, 2.45) is 0 Å². The van der Waals surface area contributed by atoms with Gasteiger partial charge < -0.3 is 22.3 Å². The number of aliphatic hydroxyl groups excluding tert-OH is 1. The zero-order chi connectivity index (χ0) is 21.0. The number of anilines is 1. The largest absolute Gasteiger partial charge is 1.00 e. The molecule has 1 atom stereocenters. The Labute approximate surface area is 189 Å². The molecule has 8 heteroatoms. The van der Waals surface area contributed by atoms with Gasteiger partial charge in [0.2, 0.25) is 0 Å². The molecular weight excluding hydrogens is 436 g/mol. The van der Waals surface area contributed by atoms with Crippen LogP contribution in [0.4, 0.5) is 5.69 Å². The number of aliphatic hydroxyl groups is 1. The van der Waals surface area contributed by atoms with Crippen LogP contribution in [0.5, 0.6) is 0 Å². The minimum absolute atomic E-state index is 0. The number of rotatable bonds is 7. The van der Waals surface area contributed by atoms with E-state index in [-0.39, 0.29) is 23.8 Å². The number of para-hydroxylation sites is 1. The molecule has 1 fully saturated rings. The van der Waals surface area contributed by atoms with Crippen molar-refractivity contribution < 1.29 is 30.7 Å².